The smallest absolute Gasteiger partial charge is 0.239 e. The Kier molecular flexibility index (Phi) is 5.73. The normalized spacial score (nSPS) is 18.9. The van der Waals surface area contributed by atoms with Gasteiger partial charge in [-0.1, -0.05) is 0 Å². The van der Waals surface area contributed by atoms with Crippen molar-refractivity contribution in [3.8, 4) is 0 Å². The van der Waals surface area contributed by atoms with Crippen molar-refractivity contribution in [3.05, 3.63) is 0 Å². The molecule has 0 aliphatic carbocycles. The molecule has 1 rings (SSSR count). The van der Waals surface area contributed by atoms with Gasteiger partial charge in [0.15, 0.2) is 0 Å². The van der Waals surface area contributed by atoms with Crippen LogP contribution in [0.2, 0.25) is 0 Å². The van der Waals surface area contributed by atoms with Gasteiger partial charge in [-0.3, -0.25) is 9.69 Å². The van der Waals surface area contributed by atoms with Crippen LogP contribution >= 0.6 is 0 Å². The summed E-state index contributed by atoms with van der Waals surface area (Å²) in [6.45, 7) is 6.53. The van der Waals surface area contributed by atoms with Gasteiger partial charge in [-0.2, -0.15) is 0 Å². The van der Waals surface area contributed by atoms with E-state index >= 15 is 0 Å². The van der Waals surface area contributed by atoms with Gasteiger partial charge in [0.1, 0.15) is 0 Å². The molecule has 1 unspecified atom stereocenters. The van der Waals surface area contributed by atoms with Gasteiger partial charge in [0.05, 0.1) is 19.3 Å². The molecule has 0 saturated carbocycles. The van der Waals surface area contributed by atoms with Crippen molar-refractivity contribution >= 4 is 5.91 Å². The highest BCUT2D eigenvalue weighted by Gasteiger charge is 2.24. The summed E-state index contributed by atoms with van der Waals surface area (Å²) in [5, 5.41) is 3.09. The van der Waals surface area contributed by atoms with Crippen molar-refractivity contribution in [1.82, 2.24) is 15.1 Å². The first-order chi connectivity index (χ1) is 7.66. The first kappa shape index (κ1) is 13.4. The monoisotopic (exact) mass is 229 g/mol. The maximum Gasteiger partial charge on any atom is 0.239 e. The highest BCUT2D eigenvalue weighted by atomic mass is 16.5. The molecule has 1 atom stereocenters. The lowest BCUT2D eigenvalue weighted by Gasteiger charge is -2.32. The Balaban J connectivity index is 2.38. The first-order valence-electron chi connectivity index (χ1n) is 5.88. The summed E-state index contributed by atoms with van der Waals surface area (Å²) in [7, 11) is 3.91. The number of nitrogens with zero attached hydrogens (tertiary/aromatic N) is 2. The molecular weight excluding hydrogens is 206 g/mol. The topological polar surface area (TPSA) is 44.8 Å². The van der Waals surface area contributed by atoms with E-state index in [-0.39, 0.29) is 11.9 Å². The number of rotatable bonds is 5. The predicted molar refractivity (Wildman–Crippen MR) is 63.4 cm³/mol. The van der Waals surface area contributed by atoms with Gasteiger partial charge in [0.2, 0.25) is 5.91 Å². The number of morpholine rings is 1. The third kappa shape index (κ3) is 3.73. The molecule has 0 spiro atoms. The fourth-order valence-corrected chi connectivity index (χ4v) is 1.72. The Bertz CT molecular complexity index is 217. The lowest BCUT2D eigenvalue weighted by molar-refractivity contribution is -0.140. The van der Waals surface area contributed by atoms with Crippen LogP contribution in [0.15, 0.2) is 0 Å². The molecule has 1 heterocycles. The van der Waals surface area contributed by atoms with Gasteiger partial charge in [-0.15, -0.1) is 0 Å². The van der Waals surface area contributed by atoms with Crippen LogP contribution < -0.4 is 5.32 Å². The minimum Gasteiger partial charge on any atom is -0.378 e. The maximum atomic E-state index is 12.1. The van der Waals surface area contributed by atoms with Crippen molar-refractivity contribution in [2.45, 2.75) is 13.0 Å². The minimum atomic E-state index is -0.0496. The van der Waals surface area contributed by atoms with Crippen LogP contribution in [-0.4, -0.2) is 75.2 Å². The molecular formula is C11H23N3O2. The molecule has 0 aromatic rings. The van der Waals surface area contributed by atoms with Gasteiger partial charge in [-0.25, -0.2) is 0 Å². The molecule has 1 N–H and O–H groups in total. The molecule has 0 bridgehead atoms. The Morgan fingerprint density at radius 1 is 1.50 bits per heavy atom. The van der Waals surface area contributed by atoms with Crippen molar-refractivity contribution in [2.75, 3.05) is 53.5 Å². The van der Waals surface area contributed by atoms with Crippen LogP contribution in [0.25, 0.3) is 0 Å². The number of amides is 1. The molecule has 16 heavy (non-hydrogen) atoms. The molecule has 0 aromatic heterocycles. The van der Waals surface area contributed by atoms with E-state index in [1.807, 2.05) is 25.9 Å². The van der Waals surface area contributed by atoms with Gasteiger partial charge < -0.3 is 15.0 Å². The number of likely N-dealkylation sites (N-methyl/N-ethyl adjacent to an activating group) is 2. The zero-order valence-corrected chi connectivity index (χ0v) is 10.5. The van der Waals surface area contributed by atoms with Gasteiger partial charge in [0, 0.05) is 26.2 Å². The Morgan fingerprint density at radius 3 is 2.69 bits per heavy atom. The summed E-state index contributed by atoms with van der Waals surface area (Å²) in [4.78, 5) is 16.1. The lowest BCUT2D eigenvalue weighted by Crippen LogP contribution is -2.50. The lowest BCUT2D eigenvalue weighted by atomic mass is 10.2. The van der Waals surface area contributed by atoms with Crippen molar-refractivity contribution in [2.24, 2.45) is 0 Å². The molecule has 1 fully saturated rings. The highest BCUT2D eigenvalue weighted by molar-refractivity contribution is 5.81. The summed E-state index contributed by atoms with van der Waals surface area (Å²) < 4.78 is 5.24. The average Bonchev–Trinajstić information content (AvgIpc) is 2.35. The molecule has 1 amide bonds. The number of ether oxygens (including phenoxy) is 1. The van der Waals surface area contributed by atoms with Crippen molar-refractivity contribution in [3.63, 3.8) is 0 Å². The molecule has 5 heteroatoms. The van der Waals surface area contributed by atoms with Crippen molar-refractivity contribution < 1.29 is 9.53 Å². The van der Waals surface area contributed by atoms with E-state index in [9.17, 15) is 4.79 Å². The molecule has 0 radical (unpaired) electrons. The average molecular weight is 229 g/mol. The number of nitrogens with one attached hydrogen (secondary N) is 1. The van der Waals surface area contributed by atoms with E-state index in [0.29, 0.717) is 13.2 Å². The predicted octanol–water partition coefficient (Wildman–Crippen LogP) is -0.615. The van der Waals surface area contributed by atoms with Crippen LogP contribution in [0.3, 0.4) is 0 Å². The quantitative estimate of drug-likeness (QED) is 0.683. The summed E-state index contributed by atoms with van der Waals surface area (Å²) in [5.41, 5.74) is 0. The Labute approximate surface area is 97.7 Å². The van der Waals surface area contributed by atoms with E-state index in [4.69, 9.17) is 4.74 Å². The summed E-state index contributed by atoms with van der Waals surface area (Å²) in [5.74, 6) is 0.210. The number of carbonyl (C=O) groups is 1. The summed E-state index contributed by atoms with van der Waals surface area (Å²) in [6.07, 6.45) is 0. The maximum absolute atomic E-state index is 12.1. The molecule has 0 aromatic carbocycles. The molecule has 94 valence electrons. The number of hydrogen-bond acceptors (Lipinski definition) is 4. The van der Waals surface area contributed by atoms with E-state index in [1.54, 1.807) is 0 Å². The fraction of sp³-hybridized carbons (Fsp3) is 0.909. The van der Waals surface area contributed by atoms with Crippen LogP contribution in [0.1, 0.15) is 6.92 Å². The van der Waals surface area contributed by atoms with Gasteiger partial charge in [-0.05, 0) is 21.0 Å². The minimum absolute atomic E-state index is 0.0496. The molecule has 1 aliphatic heterocycles. The van der Waals surface area contributed by atoms with E-state index in [1.165, 1.54) is 0 Å². The fourth-order valence-electron chi connectivity index (χ4n) is 1.72. The molecule has 5 nitrogen and oxygen atoms in total. The summed E-state index contributed by atoms with van der Waals surface area (Å²) in [6, 6.07) is -0.0496. The standard InChI is InChI=1S/C11H23N3O2/c1-10(13(3)5-4-12-2)11(15)14-6-8-16-9-7-14/h10,12H,4-9H2,1-3H3. The molecule has 1 saturated heterocycles. The van der Waals surface area contributed by atoms with Crippen LogP contribution in [0, 0.1) is 0 Å². The zero-order valence-electron chi connectivity index (χ0n) is 10.5. The highest BCUT2D eigenvalue weighted by Crippen LogP contribution is 2.04. The largest absolute Gasteiger partial charge is 0.378 e. The molecule has 1 aliphatic rings. The third-order valence-electron chi connectivity index (χ3n) is 3.06. The zero-order chi connectivity index (χ0) is 12.0. The number of hydrogen-bond donors (Lipinski definition) is 1. The van der Waals surface area contributed by atoms with Crippen molar-refractivity contribution in [1.29, 1.82) is 0 Å². The second-order valence-electron chi connectivity index (χ2n) is 4.20. The second-order valence-corrected chi connectivity index (χ2v) is 4.20. The van der Waals surface area contributed by atoms with E-state index in [0.717, 1.165) is 26.2 Å². The SMILES string of the molecule is CNCCN(C)C(C)C(=O)N1CCOCC1. The Hall–Kier alpha value is -0.650. The van der Waals surface area contributed by atoms with E-state index < -0.39 is 0 Å². The Morgan fingerprint density at radius 2 is 2.12 bits per heavy atom. The first-order valence-corrected chi connectivity index (χ1v) is 5.88. The number of carbonyl (C=O) groups excluding carboxylic acids is 1. The summed E-state index contributed by atoms with van der Waals surface area (Å²) >= 11 is 0. The second kappa shape index (κ2) is 6.83. The van der Waals surface area contributed by atoms with Gasteiger partial charge in [0.25, 0.3) is 0 Å². The third-order valence-corrected chi connectivity index (χ3v) is 3.06. The van der Waals surface area contributed by atoms with Crippen LogP contribution in [-0.2, 0) is 9.53 Å². The van der Waals surface area contributed by atoms with Crippen LogP contribution in [0.4, 0.5) is 0 Å². The van der Waals surface area contributed by atoms with E-state index in [2.05, 4.69) is 10.2 Å². The van der Waals surface area contributed by atoms with Crippen LogP contribution in [0.5, 0.6) is 0 Å². The van der Waals surface area contributed by atoms with Gasteiger partial charge >= 0.3 is 0 Å².